The fraction of sp³-hybridized carbons (Fsp3) is 0.231. The van der Waals surface area contributed by atoms with Crippen molar-refractivity contribution in [3.8, 4) is 5.88 Å². The molecule has 0 bridgehead atoms. The van der Waals surface area contributed by atoms with E-state index in [1.807, 2.05) is 6.07 Å². The van der Waals surface area contributed by atoms with E-state index >= 15 is 0 Å². The maximum Gasteiger partial charge on any atom is 0.268 e. The Labute approximate surface area is 111 Å². The van der Waals surface area contributed by atoms with Gasteiger partial charge < -0.3 is 20.4 Å². The van der Waals surface area contributed by atoms with Crippen molar-refractivity contribution in [3.05, 3.63) is 41.9 Å². The van der Waals surface area contributed by atoms with Crippen LogP contribution in [0.1, 0.15) is 16.1 Å². The number of hydrogen-bond acceptors (Lipinski definition) is 4. The second-order valence-electron chi connectivity index (χ2n) is 4.16. The van der Waals surface area contributed by atoms with Crippen LogP contribution in [-0.2, 0) is 13.6 Å². The van der Waals surface area contributed by atoms with Crippen LogP contribution >= 0.6 is 0 Å². The SMILES string of the molecule is COc1ccc(CNC(=O)c2cc(N)cn2C)cn1. The first-order chi connectivity index (χ1) is 9.10. The average molecular weight is 260 g/mol. The zero-order valence-electron chi connectivity index (χ0n) is 10.9. The molecule has 0 saturated heterocycles. The van der Waals surface area contributed by atoms with Crippen LogP contribution < -0.4 is 15.8 Å². The van der Waals surface area contributed by atoms with Crippen molar-refractivity contribution in [1.82, 2.24) is 14.9 Å². The van der Waals surface area contributed by atoms with E-state index in [1.165, 1.54) is 0 Å². The normalized spacial score (nSPS) is 10.2. The Morgan fingerprint density at radius 3 is 2.84 bits per heavy atom. The molecule has 19 heavy (non-hydrogen) atoms. The predicted octanol–water partition coefficient (Wildman–Crippen LogP) is 0.941. The molecule has 2 heterocycles. The Kier molecular flexibility index (Phi) is 3.70. The standard InChI is InChI=1S/C13H16N4O2/c1-17-8-10(14)5-11(17)13(18)16-7-9-3-4-12(19-2)15-6-9/h3-6,8H,7,14H2,1-2H3,(H,16,18). The summed E-state index contributed by atoms with van der Waals surface area (Å²) in [6.45, 7) is 0.404. The molecule has 0 aliphatic heterocycles. The van der Waals surface area contributed by atoms with Crippen molar-refractivity contribution in [2.24, 2.45) is 7.05 Å². The van der Waals surface area contributed by atoms with Gasteiger partial charge in [0.15, 0.2) is 0 Å². The van der Waals surface area contributed by atoms with E-state index in [2.05, 4.69) is 10.3 Å². The number of nitrogens with zero attached hydrogens (tertiary/aromatic N) is 2. The number of rotatable bonds is 4. The van der Waals surface area contributed by atoms with Gasteiger partial charge in [0.1, 0.15) is 5.69 Å². The maximum absolute atomic E-state index is 11.9. The minimum absolute atomic E-state index is 0.171. The van der Waals surface area contributed by atoms with Crippen molar-refractivity contribution in [1.29, 1.82) is 0 Å². The monoisotopic (exact) mass is 260 g/mol. The highest BCUT2D eigenvalue weighted by molar-refractivity contribution is 5.93. The molecule has 0 radical (unpaired) electrons. The number of carbonyl (C=O) groups is 1. The molecule has 3 N–H and O–H groups in total. The number of aromatic nitrogens is 2. The molecule has 2 aromatic heterocycles. The highest BCUT2D eigenvalue weighted by Crippen LogP contribution is 2.09. The summed E-state index contributed by atoms with van der Waals surface area (Å²) < 4.78 is 6.66. The van der Waals surface area contributed by atoms with E-state index in [4.69, 9.17) is 10.5 Å². The van der Waals surface area contributed by atoms with Gasteiger partial charge in [-0.25, -0.2) is 4.98 Å². The Bertz CT molecular complexity index is 575. The summed E-state index contributed by atoms with van der Waals surface area (Å²) in [6, 6.07) is 5.25. The number of nitrogen functional groups attached to an aromatic ring is 1. The van der Waals surface area contributed by atoms with E-state index in [9.17, 15) is 4.79 Å². The van der Waals surface area contributed by atoms with Crippen LogP contribution in [0.4, 0.5) is 5.69 Å². The molecular formula is C13H16N4O2. The molecule has 0 fully saturated rings. The van der Waals surface area contributed by atoms with Crippen molar-refractivity contribution >= 4 is 11.6 Å². The molecule has 0 aliphatic rings. The molecule has 0 saturated carbocycles. The molecule has 2 aromatic rings. The van der Waals surface area contributed by atoms with Gasteiger partial charge in [0, 0.05) is 32.1 Å². The smallest absolute Gasteiger partial charge is 0.268 e. The molecule has 2 rings (SSSR count). The van der Waals surface area contributed by atoms with Gasteiger partial charge in [-0.2, -0.15) is 0 Å². The van der Waals surface area contributed by atoms with Crippen LogP contribution in [0.25, 0.3) is 0 Å². The molecule has 6 heteroatoms. The zero-order chi connectivity index (χ0) is 13.8. The van der Waals surface area contributed by atoms with Gasteiger partial charge in [0.25, 0.3) is 5.91 Å². The van der Waals surface area contributed by atoms with Gasteiger partial charge in [-0.3, -0.25) is 4.79 Å². The molecule has 0 unspecified atom stereocenters. The van der Waals surface area contributed by atoms with Crippen LogP contribution in [0.2, 0.25) is 0 Å². The molecular weight excluding hydrogens is 244 g/mol. The molecule has 6 nitrogen and oxygen atoms in total. The Hall–Kier alpha value is -2.50. The fourth-order valence-electron chi connectivity index (χ4n) is 1.72. The third-order valence-electron chi connectivity index (χ3n) is 2.72. The van der Waals surface area contributed by atoms with Gasteiger partial charge in [-0.1, -0.05) is 6.07 Å². The molecule has 0 atom stereocenters. The quantitative estimate of drug-likeness (QED) is 0.857. The largest absolute Gasteiger partial charge is 0.481 e. The number of aryl methyl sites for hydroxylation is 1. The summed E-state index contributed by atoms with van der Waals surface area (Å²) in [5, 5.41) is 2.81. The Balaban J connectivity index is 1.98. The minimum Gasteiger partial charge on any atom is -0.481 e. The number of anilines is 1. The first-order valence-corrected chi connectivity index (χ1v) is 5.79. The number of methoxy groups -OCH3 is 1. The van der Waals surface area contributed by atoms with E-state index in [0.29, 0.717) is 23.8 Å². The highest BCUT2D eigenvalue weighted by Gasteiger charge is 2.10. The summed E-state index contributed by atoms with van der Waals surface area (Å²) in [5.74, 6) is 0.375. The number of amides is 1. The molecule has 0 aromatic carbocycles. The first kappa shape index (κ1) is 12.9. The lowest BCUT2D eigenvalue weighted by Gasteiger charge is -2.06. The lowest BCUT2D eigenvalue weighted by atomic mass is 10.3. The third-order valence-corrected chi connectivity index (χ3v) is 2.72. The second kappa shape index (κ2) is 5.43. The number of ether oxygens (including phenoxy) is 1. The van der Waals surface area contributed by atoms with Crippen molar-refractivity contribution in [3.63, 3.8) is 0 Å². The summed E-state index contributed by atoms with van der Waals surface area (Å²) in [4.78, 5) is 16.0. The minimum atomic E-state index is -0.171. The van der Waals surface area contributed by atoms with Gasteiger partial charge in [0.2, 0.25) is 5.88 Å². The number of hydrogen-bond donors (Lipinski definition) is 2. The first-order valence-electron chi connectivity index (χ1n) is 5.79. The number of nitrogens with one attached hydrogen (secondary N) is 1. The number of nitrogens with two attached hydrogens (primary N) is 1. The fourth-order valence-corrected chi connectivity index (χ4v) is 1.72. The van der Waals surface area contributed by atoms with E-state index in [1.54, 1.807) is 43.3 Å². The lowest BCUT2D eigenvalue weighted by Crippen LogP contribution is -2.24. The predicted molar refractivity (Wildman–Crippen MR) is 71.8 cm³/mol. The molecule has 0 spiro atoms. The molecule has 1 amide bonds. The topological polar surface area (TPSA) is 82.2 Å². The zero-order valence-corrected chi connectivity index (χ0v) is 10.9. The number of carbonyl (C=O) groups excluding carboxylic acids is 1. The van der Waals surface area contributed by atoms with Crippen molar-refractivity contribution < 1.29 is 9.53 Å². The number of pyridine rings is 1. The van der Waals surface area contributed by atoms with Gasteiger partial charge in [0.05, 0.1) is 12.8 Å². The molecule has 0 aliphatic carbocycles. The second-order valence-corrected chi connectivity index (χ2v) is 4.16. The Morgan fingerprint density at radius 1 is 1.53 bits per heavy atom. The van der Waals surface area contributed by atoms with Crippen LogP contribution in [0.5, 0.6) is 5.88 Å². The maximum atomic E-state index is 11.9. The van der Waals surface area contributed by atoms with Gasteiger partial charge in [-0.15, -0.1) is 0 Å². The van der Waals surface area contributed by atoms with Crippen LogP contribution in [0.15, 0.2) is 30.6 Å². The van der Waals surface area contributed by atoms with Gasteiger partial charge >= 0.3 is 0 Å². The van der Waals surface area contributed by atoms with E-state index in [0.717, 1.165) is 5.56 Å². The van der Waals surface area contributed by atoms with E-state index in [-0.39, 0.29) is 5.91 Å². The van der Waals surface area contributed by atoms with Crippen LogP contribution in [-0.4, -0.2) is 22.6 Å². The highest BCUT2D eigenvalue weighted by atomic mass is 16.5. The lowest BCUT2D eigenvalue weighted by molar-refractivity contribution is 0.0943. The van der Waals surface area contributed by atoms with Crippen molar-refractivity contribution in [2.75, 3.05) is 12.8 Å². The van der Waals surface area contributed by atoms with Crippen LogP contribution in [0.3, 0.4) is 0 Å². The average Bonchev–Trinajstić information content (AvgIpc) is 2.75. The summed E-state index contributed by atoms with van der Waals surface area (Å²) in [6.07, 6.45) is 3.36. The van der Waals surface area contributed by atoms with E-state index < -0.39 is 0 Å². The summed E-state index contributed by atoms with van der Waals surface area (Å²) >= 11 is 0. The van der Waals surface area contributed by atoms with Gasteiger partial charge in [-0.05, 0) is 11.6 Å². The summed E-state index contributed by atoms with van der Waals surface area (Å²) in [5.41, 5.74) is 7.63. The van der Waals surface area contributed by atoms with Crippen LogP contribution in [0, 0.1) is 0 Å². The summed E-state index contributed by atoms with van der Waals surface area (Å²) in [7, 11) is 3.34. The molecule has 100 valence electrons. The van der Waals surface area contributed by atoms with Crippen molar-refractivity contribution in [2.45, 2.75) is 6.54 Å². The Morgan fingerprint density at radius 2 is 2.32 bits per heavy atom. The third kappa shape index (κ3) is 3.04.